The molecule has 0 aliphatic rings. The van der Waals surface area contributed by atoms with Crippen molar-refractivity contribution >= 4 is 0 Å². The number of aliphatic hydroxyl groups is 1. The van der Waals surface area contributed by atoms with Gasteiger partial charge >= 0.3 is 0 Å². The minimum Gasteiger partial charge on any atom is -0.388 e. The lowest BCUT2D eigenvalue weighted by molar-refractivity contribution is 0.266. The molecule has 1 N–H and O–H groups in total. The van der Waals surface area contributed by atoms with E-state index in [1.807, 2.05) is 6.07 Å². The predicted octanol–water partition coefficient (Wildman–Crippen LogP) is 1.04. The van der Waals surface area contributed by atoms with Crippen molar-refractivity contribution in [3.63, 3.8) is 0 Å². The Labute approximate surface area is 92.4 Å². The van der Waals surface area contributed by atoms with E-state index in [9.17, 15) is 4.39 Å². The van der Waals surface area contributed by atoms with Crippen LogP contribution in [-0.4, -0.2) is 19.9 Å². The highest BCUT2D eigenvalue weighted by atomic mass is 19.1. The molecular weight excluding hydrogens is 209 g/mol. The molecule has 1 heterocycles. The zero-order chi connectivity index (χ0) is 11.5. The van der Waals surface area contributed by atoms with Crippen LogP contribution >= 0.6 is 0 Å². The molecule has 0 amide bonds. The van der Waals surface area contributed by atoms with Crippen LogP contribution in [0.3, 0.4) is 0 Å². The lowest BCUT2D eigenvalue weighted by Crippen LogP contribution is -2.03. The lowest BCUT2D eigenvalue weighted by Gasteiger charge is -2.02. The number of aromatic nitrogens is 3. The summed E-state index contributed by atoms with van der Waals surface area (Å²) in [5.74, 6) is 0.947. The maximum absolute atomic E-state index is 13.0. The number of benzene rings is 1. The third kappa shape index (κ3) is 2.09. The first-order chi connectivity index (χ1) is 7.70. The second kappa shape index (κ2) is 4.40. The summed E-state index contributed by atoms with van der Waals surface area (Å²) in [6.07, 6.45) is 0.501. The molecule has 5 heteroatoms. The van der Waals surface area contributed by atoms with Crippen molar-refractivity contribution in [3.8, 4) is 0 Å². The van der Waals surface area contributed by atoms with Gasteiger partial charge < -0.3 is 9.67 Å². The maximum atomic E-state index is 13.0. The van der Waals surface area contributed by atoms with Gasteiger partial charge in [-0.3, -0.25) is 0 Å². The Morgan fingerprint density at radius 1 is 1.31 bits per heavy atom. The van der Waals surface area contributed by atoms with E-state index < -0.39 is 0 Å². The second-order valence-electron chi connectivity index (χ2n) is 3.56. The summed E-state index contributed by atoms with van der Waals surface area (Å²) in [6, 6.07) is 6.36. The third-order valence-corrected chi connectivity index (χ3v) is 2.45. The first-order valence-corrected chi connectivity index (χ1v) is 4.93. The van der Waals surface area contributed by atoms with E-state index in [1.165, 1.54) is 12.1 Å². The highest BCUT2D eigenvalue weighted by Gasteiger charge is 2.08. The molecule has 4 nitrogen and oxygen atoms in total. The van der Waals surface area contributed by atoms with E-state index in [1.54, 1.807) is 17.7 Å². The number of aliphatic hydroxyl groups excluding tert-OH is 1. The van der Waals surface area contributed by atoms with E-state index in [0.717, 1.165) is 5.56 Å². The molecule has 0 aliphatic heterocycles. The summed E-state index contributed by atoms with van der Waals surface area (Å²) in [5, 5.41) is 16.7. The van der Waals surface area contributed by atoms with Crippen LogP contribution in [0.2, 0.25) is 0 Å². The van der Waals surface area contributed by atoms with Gasteiger partial charge in [-0.25, -0.2) is 4.39 Å². The van der Waals surface area contributed by atoms with E-state index in [-0.39, 0.29) is 12.4 Å². The molecule has 84 valence electrons. The second-order valence-corrected chi connectivity index (χ2v) is 3.56. The molecule has 0 saturated carbocycles. The molecule has 0 unspecified atom stereocenters. The van der Waals surface area contributed by atoms with Gasteiger partial charge in [0.05, 0.1) is 0 Å². The summed E-state index contributed by atoms with van der Waals surface area (Å²) in [6.45, 7) is -0.146. The van der Waals surface area contributed by atoms with Crippen molar-refractivity contribution in [1.82, 2.24) is 14.8 Å². The molecule has 0 bridgehead atoms. The van der Waals surface area contributed by atoms with Crippen molar-refractivity contribution in [3.05, 3.63) is 47.3 Å². The first kappa shape index (κ1) is 10.8. The van der Waals surface area contributed by atoms with Crippen molar-refractivity contribution in [2.24, 2.45) is 7.05 Å². The van der Waals surface area contributed by atoms with Gasteiger partial charge in [0.2, 0.25) is 0 Å². The standard InChI is InChI=1S/C11H12FN3O/c1-15-10(13-14-11(15)7-16)6-8-3-2-4-9(12)5-8/h2-5,16H,6-7H2,1H3. The number of halogens is 1. The average molecular weight is 221 g/mol. The van der Waals surface area contributed by atoms with Gasteiger partial charge in [-0.1, -0.05) is 12.1 Å². The number of rotatable bonds is 3. The Morgan fingerprint density at radius 3 is 2.69 bits per heavy atom. The lowest BCUT2D eigenvalue weighted by atomic mass is 10.1. The van der Waals surface area contributed by atoms with Crippen molar-refractivity contribution in [1.29, 1.82) is 0 Å². The molecular formula is C11H12FN3O. The molecule has 1 aromatic heterocycles. The SMILES string of the molecule is Cn1c(CO)nnc1Cc1cccc(F)c1. The molecule has 0 fully saturated rings. The smallest absolute Gasteiger partial charge is 0.158 e. The monoisotopic (exact) mass is 221 g/mol. The van der Waals surface area contributed by atoms with Crippen LogP contribution in [0.25, 0.3) is 0 Å². The molecule has 1 aromatic carbocycles. The summed E-state index contributed by atoms with van der Waals surface area (Å²) in [5.41, 5.74) is 0.833. The van der Waals surface area contributed by atoms with Crippen LogP contribution in [0.4, 0.5) is 4.39 Å². The van der Waals surface area contributed by atoms with Crippen LogP contribution in [0.15, 0.2) is 24.3 Å². The Morgan fingerprint density at radius 2 is 2.06 bits per heavy atom. The highest BCUT2D eigenvalue weighted by Crippen LogP contribution is 2.09. The molecule has 0 aliphatic carbocycles. The largest absolute Gasteiger partial charge is 0.388 e. The molecule has 0 spiro atoms. The minimum absolute atomic E-state index is 0.146. The van der Waals surface area contributed by atoms with Crippen molar-refractivity contribution in [2.75, 3.05) is 0 Å². The van der Waals surface area contributed by atoms with Crippen molar-refractivity contribution in [2.45, 2.75) is 13.0 Å². The van der Waals surface area contributed by atoms with Crippen LogP contribution in [-0.2, 0) is 20.1 Å². The number of hydrogen-bond donors (Lipinski definition) is 1. The molecule has 0 saturated heterocycles. The number of nitrogens with zero attached hydrogens (tertiary/aromatic N) is 3. The van der Waals surface area contributed by atoms with E-state index >= 15 is 0 Å². The van der Waals surface area contributed by atoms with E-state index in [0.29, 0.717) is 18.1 Å². The Bertz CT molecular complexity index is 496. The van der Waals surface area contributed by atoms with Gasteiger partial charge in [-0.05, 0) is 17.7 Å². The molecule has 0 radical (unpaired) electrons. The maximum Gasteiger partial charge on any atom is 0.158 e. The van der Waals surface area contributed by atoms with Gasteiger partial charge in [-0.2, -0.15) is 0 Å². The van der Waals surface area contributed by atoms with Crippen LogP contribution < -0.4 is 0 Å². The van der Waals surface area contributed by atoms with Crippen LogP contribution in [0, 0.1) is 5.82 Å². The first-order valence-electron chi connectivity index (χ1n) is 4.93. The van der Waals surface area contributed by atoms with Gasteiger partial charge in [0.25, 0.3) is 0 Å². The fraction of sp³-hybridized carbons (Fsp3) is 0.273. The van der Waals surface area contributed by atoms with Gasteiger partial charge in [-0.15, -0.1) is 10.2 Å². The number of hydrogen-bond acceptors (Lipinski definition) is 3. The average Bonchev–Trinajstić information content (AvgIpc) is 2.60. The molecule has 2 aromatic rings. The van der Waals surface area contributed by atoms with Gasteiger partial charge in [0, 0.05) is 13.5 Å². The normalized spacial score (nSPS) is 10.7. The molecule has 16 heavy (non-hydrogen) atoms. The van der Waals surface area contributed by atoms with E-state index in [4.69, 9.17) is 5.11 Å². The molecule has 2 rings (SSSR count). The summed E-state index contributed by atoms with van der Waals surface area (Å²) in [4.78, 5) is 0. The predicted molar refractivity (Wildman–Crippen MR) is 56.1 cm³/mol. The minimum atomic E-state index is -0.262. The fourth-order valence-corrected chi connectivity index (χ4v) is 1.52. The summed E-state index contributed by atoms with van der Waals surface area (Å²) < 4.78 is 14.7. The third-order valence-electron chi connectivity index (χ3n) is 2.45. The quantitative estimate of drug-likeness (QED) is 0.842. The zero-order valence-corrected chi connectivity index (χ0v) is 8.89. The van der Waals surface area contributed by atoms with Crippen LogP contribution in [0.5, 0.6) is 0 Å². The van der Waals surface area contributed by atoms with Crippen LogP contribution in [0.1, 0.15) is 17.2 Å². The fourth-order valence-electron chi connectivity index (χ4n) is 1.52. The Balaban J connectivity index is 2.24. The molecule has 0 atom stereocenters. The van der Waals surface area contributed by atoms with Gasteiger partial charge in [0.1, 0.15) is 18.2 Å². The topological polar surface area (TPSA) is 50.9 Å². The van der Waals surface area contributed by atoms with Gasteiger partial charge in [0.15, 0.2) is 5.82 Å². The summed E-state index contributed by atoms with van der Waals surface area (Å²) in [7, 11) is 1.78. The van der Waals surface area contributed by atoms with Crippen molar-refractivity contribution < 1.29 is 9.50 Å². The van der Waals surface area contributed by atoms with E-state index in [2.05, 4.69) is 10.2 Å². The summed E-state index contributed by atoms with van der Waals surface area (Å²) >= 11 is 0. The zero-order valence-electron chi connectivity index (χ0n) is 8.89. The Kier molecular flexibility index (Phi) is 2.96. The highest BCUT2D eigenvalue weighted by molar-refractivity contribution is 5.20. The Hall–Kier alpha value is -1.75.